The van der Waals surface area contributed by atoms with E-state index in [1.54, 1.807) is 18.4 Å². The maximum atomic E-state index is 11.1. The van der Waals surface area contributed by atoms with Gasteiger partial charge in [0.15, 0.2) is 6.10 Å². The van der Waals surface area contributed by atoms with Gasteiger partial charge >= 0.3 is 5.97 Å². The van der Waals surface area contributed by atoms with E-state index >= 15 is 0 Å². The molecule has 9 nitrogen and oxygen atoms in total. The fourth-order valence-electron chi connectivity index (χ4n) is 2.32. The van der Waals surface area contributed by atoms with Gasteiger partial charge in [0.2, 0.25) is 12.2 Å². The molecule has 0 bridgehead atoms. The quantitative estimate of drug-likeness (QED) is 0.437. The molecule has 10 heteroatoms. The average molecular weight is 373 g/mol. The second-order valence-corrected chi connectivity index (χ2v) is 6.25. The molecule has 25 heavy (non-hydrogen) atoms. The van der Waals surface area contributed by atoms with E-state index in [-0.39, 0.29) is 11.7 Å². The molecule has 1 fully saturated rings. The number of carbonyl (C=O) groups excluding carboxylic acids is 1. The number of aliphatic hydroxyl groups is 3. The standard InChI is InChI=1S/C15H19NO8S/c1-6(17)16-7-3-4-8(9(5-7)25-2)23-15-12(20)10(18)11(19)13(24-15)14(21)22/h3-5,10-13,15,18-20H,1-2H3,(H,16,17)(H,21,22)/t10-,11-,12-,13-,15+/m0/s1. The second kappa shape index (κ2) is 8.02. The largest absolute Gasteiger partial charge is 0.479 e. The van der Waals surface area contributed by atoms with Crippen molar-refractivity contribution in [2.75, 3.05) is 11.6 Å². The van der Waals surface area contributed by atoms with E-state index in [9.17, 15) is 24.9 Å². The van der Waals surface area contributed by atoms with Gasteiger partial charge in [0.05, 0.1) is 4.90 Å². The Hall–Kier alpha value is -1.85. The van der Waals surface area contributed by atoms with Crippen LogP contribution in [-0.2, 0) is 14.3 Å². The first-order valence-corrected chi connectivity index (χ1v) is 8.51. The summed E-state index contributed by atoms with van der Waals surface area (Å²) in [4.78, 5) is 22.8. The Morgan fingerprint density at radius 3 is 2.44 bits per heavy atom. The molecule has 2 rings (SSSR count). The van der Waals surface area contributed by atoms with Gasteiger partial charge in [-0.15, -0.1) is 11.8 Å². The molecule has 0 unspecified atom stereocenters. The Kier molecular flexibility index (Phi) is 6.25. The van der Waals surface area contributed by atoms with Crippen molar-refractivity contribution in [3.63, 3.8) is 0 Å². The lowest BCUT2D eigenvalue weighted by atomic mass is 9.99. The summed E-state index contributed by atoms with van der Waals surface area (Å²) in [7, 11) is 0. The zero-order chi connectivity index (χ0) is 18.7. The number of amides is 1. The molecule has 1 saturated heterocycles. The fraction of sp³-hybridized carbons (Fsp3) is 0.467. The first-order chi connectivity index (χ1) is 11.7. The third-order valence-electron chi connectivity index (χ3n) is 3.54. The summed E-state index contributed by atoms with van der Waals surface area (Å²) in [6.07, 6.45) is -6.63. The number of benzene rings is 1. The maximum absolute atomic E-state index is 11.1. The Balaban J connectivity index is 2.22. The lowest BCUT2D eigenvalue weighted by Gasteiger charge is -2.38. The van der Waals surface area contributed by atoms with Crippen LogP contribution in [0.2, 0.25) is 0 Å². The van der Waals surface area contributed by atoms with Gasteiger partial charge in [-0.2, -0.15) is 0 Å². The zero-order valence-corrected chi connectivity index (χ0v) is 14.3. The van der Waals surface area contributed by atoms with E-state index in [1.807, 2.05) is 0 Å². The molecule has 1 aliphatic heterocycles. The molecule has 138 valence electrons. The molecule has 0 saturated carbocycles. The fourth-order valence-corrected chi connectivity index (χ4v) is 2.88. The van der Waals surface area contributed by atoms with Gasteiger partial charge < -0.3 is 35.2 Å². The van der Waals surface area contributed by atoms with Crippen molar-refractivity contribution in [3.05, 3.63) is 18.2 Å². The van der Waals surface area contributed by atoms with Crippen LogP contribution >= 0.6 is 11.8 Å². The van der Waals surface area contributed by atoms with Crippen LogP contribution in [0.15, 0.2) is 23.1 Å². The first kappa shape index (κ1) is 19.5. The van der Waals surface area contributed by atoms with Crippen LogP contribution in [0.4, 0.5) is 5.69 Å². The minimum Gasteiger partial charge on any atom is -0.479 e. The van der Waals surface area contributed by atoms with Crippen molar-refractivity contribution >= 4 is 29.3 Å². The smallest absolute Gasteiger partial charge is 0.335 e. The predicted octanol–water partition coefficient (Wildman–Crippen LogP) is -0.362. The van der Waals surface area contributed by atoms with Crippen LogP contribution in [0.25, 0.3) is 0 Å². The molecule has 1 aromatic rings. The molecule has 0 spiro atoms. The van der Waals surface area contributed by atoms with E-state index in [2.05, 4.69) is 5.32 Å². The molecular formula is C15H19NO8S. The van der Waals surface area contributed by atoms with E-state index < -0.39 is 36.7 Å². The van der Waals surface area contributed by atoms with Crippen molar-refractivity contribution in [2.45, 2.75) is 42.5 Å². The number of carboxylic acids is 1. The van der Waals surface area contributed by atoms with Crippen LogP contribution in [0, 0.1) is 0 Å². The molecule has 1 amide bonds. The lowest BCUT2D eigenvalue weighted by Crippen LogP contribution is -2.61. The molecule has 0 aromatic heterocycles. The average Bonchev–Trinajstić information content (AvgIpc) is 2.55. The monoisotopic (exact) mass is 373 g/mol. The summed E-state index contributed by atoms with van der Waals surface area (Å²) in [6, 6.07) is 4.71. The molecule has 1 aromatic carbocycles. The molecule has 5 N–H and O–H groups in total. The highest BCUT2D eigenvalue weighted by Gasteiger charge is 2.48. The molecular weight excluding hydrogens is 354 g/mol. The highest BCUT2D eigenvalue weighted by atomic mass is 32.2. The molecule has 0 radical (unpaired) electrons. The predicted molar refractivity (Wildman–Crippen MR) is 87.5 cm³/mol. The Morgan fingerprint density at radius 2 is 1.88 bits per heavy atom. The number of carboxylic acid groups (broad SMARTS) is 1. The summed E-state index contributed by atoms with van der Waals surface area (Å²) in [5.74, 6) is -1.47. The SMILES string of the molecule is CSc1cc(NC(C)=O)ccc1O[C@@H]1O[C@H](C(=O)O)[C@@H](O)[C@H](O)[C@@H]1O. The third-order valence-corrected chi connectivity index (χ3v) is 4.30. The number of rotatable bonds is 5. The Labute approximate surface area is 147 Å². The normalized spacial score (nSPS) is 29.1. The highest BCUT2D eigenvalue weighted by Crippen LogP contribution is 2.33. The van der Waals surface area contributed by atoms with E-state index in [0.29, 0.717) is 10.6 Å². The summed E-state index contributed by atoms with van der Waals surface area (Å²) in [6.45, 7) is 1.37. The minimum absolute atomic E-state index is 0.242. The first-order valence-electron chi connectivity index (χ1n) is 7.29. The van der Waals surface area contributed by atoms with Gasteiger partial charge in [-0.25, -0.2) is 4.79 Å². The van der Waals surface area contributed by atoms with Gasteiger partial charge in [0.25, 0.3) is 0 Å². The number of anilines is 1. The van der Waals surface area contributed by atoms with Gasteiger partial charge in [0.1, 0.15) is 24.1 Å². The number of aliphatic hydroxyl groups excluding tert-OH is 3. The Bertz CT molecular complexity index is 654. The van der Waals surface area contributed by atoms with Crippen molar-refractivity contribution in [3.8, 4) is 5.75 Å². The van der Waals surface area contributed by atoms with E-state index in [4.69, 9.17) is 14.6 Å². The molecule has 1 aliphatic rings. The number of hydrogen-bond acceptors (Lipinski definition) is 8. The number of nitrogens with one attached hydrogen (secondary N) is 1. The number of carbonyl (C=O) groups is 2. The van der Waals surface area contributed by atoms with Crippen molar-refractivity contribution in [1.82, 2.24) is 0 Å². The van der Waals surface area contributed by atoms with E-state index in [0.717, 1.165) is 0 Å². The van der Waals surface area contributed by atoms with Crippen LogP contribution in [-0.4, -0.2) is 69.3 Å². The topological polar surface area (TPSA) is 146 Å². The summed E-state index contributed by atoms with van der Waals surface area (Å²) >= 11 is 1.29. The van der Waals surface area contributed by atoms with Gasteiger partial charge in [-0.05, 0) is 24.5 Å². The maximum Gasteiger partial charge on any atom is 0.335 e. The summed E-state index contributed by atoms with van der Waals surface area (Å²) in [5.41, 5.74) is 0.535. The van der Waals surface area contributed by atoms with Crippen LogP contribution in [0.3, 0.4) is 0 Å². The number of ether oxygens (including phenoxy) is 2. The molecule has 1 heterocycles. The molecule has 5 atom stereocenters. The van der Waals surface area contributed by atoms with Crippen LogP contribution in [0.5, 0.6) is 5.75 Å². The van der Waals surface area contributed by atoms with Crippen LogP contribution in [0.1, 0.15) is 6.92 Å². The molecule has 0 aliphatic carbocycles. The highest BCUT2D eigenvalue weighted by molar-refractivity contribution is 7.98. The van der Waals surface area contributed by atoms with E-state index in [1.165, 1.54) is 24.8 Å². The van der Waals surface area contributed by atoms with Gasteiger partial charge in [0, 0.05) is 12.6 Å². The number of aliphatic carboxylic acids is 1. The lowest BCUT2D eigenvalue weighted by molar-refractivity contribution is -0.271. The van der Waals surface area contributed by atoms with Crippen molar-refractivity contribution < 1.29 is 39.5 Å². The zero-order valence-electron chi connectivity index (χ0n) is 13.4. The second-order valence-electron chi connectivity index (χ2n) is 5.40. The van der Waals surface area contributed by atoms with Crippen LogP contribution < -0.4 is 10.1 Å². The summed E-state index contributed by atoms with van der Waals surface area (Å²) < 4.78 is 10.6. The van der Waals surface area contributed by atoms with Crippen molar-refractivity contribution in [2.24, 2.45) is 0 Å². The summed E-state index contributed by atoms with van der Waals surface area (Å²) in [5, 5.41) is 41.1. The Morgan fingerprint density at radius 1 is 1.20 bits per heavy atom. The number of hydrogen-bond donors (Lipinski definition) is 5. The third kappa shape index (κ3) is 4.41. The minimum atomic E-state index is -1.78. The number of thioether (sulfide) groups is 1. The van der Waals surface area contributed by atoms with Gasteiger partial charge in [-0.3, -0.25) is 4.79 Å². The van der Waals surface area contributed by atoms with Crippen molar-refractivity contribution in [1.29, 1.82) is 0 Å². The van der Waals surface area contributed by atoms with Gasteiger partial charge in [-0.1, -0.05) is 0 Å².